The Hall–Kier alpha value is -2.64. The molecule has 7 heteroatoms. The number of ether oxygens (including phenoxy) is 1. The maximum absolute atomic E-state index is 13.0. The third kappa shape index (κ3) is 4.74. The van der Waals surface area contributed by atoms with Gasteiger partial charge < -0.3 is 9.64 Å². The summed E-state index contributed by atoms with van der Waals surface area (Å²) in [6.45, 7) is 6.94. The van der Waals surface area contributed by atoms with Crippen LogP contribution in [-0.4, -0.2) is 56.8 Å². The molecule has 0 unspecified atom stereocenters. The lowest BCUT2D eigenvalue weighted by molar-refractivity contribution is -0.127. The van der Waals surface area contributed by atoms with E-state index in [1.54, 1.807) is 31.1 Å². The van der Waals surface area contributed by atoms with Crippen molar-refractivity contribution in [2.45, 2.75) is 25.7 Å². The quantitative estimate of drug-likeness (QED) is 0.686. The minimum absolute atomic E-state index is 0.137. The van der Waals surface area contributed by atoms with Crippen molar-refractivity contribution in [3.8, 4) is 5.75 Å². The number of carbonyl (C=O) groups is 1. The number of hydrogen-bond acceptors (Lipinski definition) is 4. The second kappa shape index (κ2) is 9.02. The highest BCUT2D eigenvalue weighted by Gasteiger charge is 2.30. The lowest BCUT2D eigenvalue weighted by atomic mass is 10.1. The number of nitrogens with zero attached hydrogens (tertiary/aromatic N) is 2. The molecule has 1 heterocycles. The van der Waals surface area contributed by atoms with Gasteiger partial charge in [0, 0.05) is 37.8 Å². The molecule has 2 aromatic carbocycles. The molecule has 1 aliphatic heterocycles. The molecular weight excluding hydrogens is 400 g/mol. The Bertz CT molecular complexity index is 1070. The number of rotatable bonds is 5. The number of benzene rings is 2. The third-order valence-corrected chi connectivity index (χ3v) is 7.34. The molecule has 1 amide bonds. The summed E-state index contributed by atoms with van der Waals surface area (Å²) in [6, 6.07) is 11.2. The molecule has 1 fully saturated rings. The average Bonchev–Trinajstić information content (AvgIpc) is 2.73. The van der Waals surface area contributed by atoms with Crippen LogP contribution in [0.2, 0.25) is 0 Å². The average molecular weight is 429 g/mol. The number of aryl methyl sites for hydroxylation is 3. The standard InChI is InChI=1S/C23H28N2O4S/c1-17-6-9-21(29-4)20(15-17)8-10-23(26)24-11-13-25(14-12-24)30(27,28)22-16-18(2)5-7-19(22)3/h5-10,15-16H,11-14H2,1-4H3/b10-8+. The summed E-state index contributed by atoms with van der Waals surface area (Å²) in [6.07, 6.45) is 3.26. The monoisotopic (exact) mass is 428 g/mol. The minimum Gasteiger partial charge on any atom is -0.496 e. The zero-order chi connectivity index (χ0) is 21.9. The zero-order valence-electron chi connectivity index (χ0n) is 17.9. The number of carbonyl (C=O) groups excluding carboxylic acids is 1. The molecule has 1 aliphatic rings. The first-order valence-corrected chi connectivity index (χ1v) is 11.4. The molecule has 0 radical (unpaired) electrons. The SMILES string of the molecule is COc1ccc(C)cc1/C=C/C(=O)N1CCN(S(=O)(=O)c2cc(C)ccc2C)CC1. The third-order valence-electron chi connectivity index (χ3n) is 5.30. The second-order valence-electron chi connectivity index (χ2n) is 7.58. The molecule has 160 valence electrons. The molecule has 3 rings (SSSR count). The van der Waals surface area contributed by atoms with Crippen molar-refractivity contribution in [3.05, 3.63) is 64.7 Å². The van der Waals surface area contributed by atoms with Gasteiger partial charge in [0.1, 0.15) is 5.75 Å². The fourth-order valence-electron chi connectivity index (χ4n) is 3.52. The number of hydrogen-bond donors (Lipinski definition) is 0. The number of amides is 1. The predicted octanol–water partition coefficient (Wildman–Crippen LogP) is 3.17. The van der Waals surface area contributed by atoms with Crippen LogP contribution < -0.4 is 4.74 Å². The molecule has 1 saturated heterocycles. The molecular formula is C23H28N2O4S. The van der Waals surface area contributed by atoms with E-state index >= 15 is 0 Å². The smallest absolute Gasteiger partial charge is 0.246 e. The Morgan fingerprint density at radius 3 is 2.27 bits per heavy atom. The van der Waals surface area contributed by atoms with Crippen LogP contribution in [-0.2, 0) is 14.8 Å². The van der Waals surface area contributed by atoms with Crippen molar-refractivity contribution in [3.63, 3.8) is 0 Å². The highest BCUT2D eigenvalue weighted by Crippen LogP contribution is 2.23. The van der Waals surface area contributed by atoms with Crippen LogP contribution in [0.1, 0.15) is 22.3 Å². The van der Waals surface area contributed by atoms with E-state index in [0.717, 1.165) is 22.3 Å². The number of methoxy groups -OCH3 is 1. The predicted molar refractivity (Wildman–Crippen MR) is 118 cm³/mol. The van der Waals surface area contributed by atoms with Crippen LogP contribution in [0.3, 0.4) is 0 Å². The van der Waals surface area contributed by atoms with Gasteiger partial charge in [-0.1, -0.05) is 23.8 Å². The van der Waals surface area contributed by atoms with Crippen LogP contribution in [0, 0.1) is 20.8 Å². The maximum Gasteiger partial charge on any atom is 0.246 e. The van der Waals surface area contributed by atoms with Gasteiger partial charge in [0.25, 0.3) is 0 Å². The van der Waals surface area contributed by atoms with E-state index < -0.39 is 10.0 Å². The summed E-state index contributed by atoms with van der Waals surface area (Å²) in [5.74, 6) is 0.566. The van der Waals surface area contributed by atoms with Gasteiger partial charge >= 0.3 is 0 Å². The van der Waals surface area contributed by atoms with Crippen LogP contribution in [0.15, 0.2) is 47.4 Å². The Morgan fingerprint density at radius 1 is 0.967 bits per heavy atom. The number of piperazine rings is 1. The van der Waals surface area contributed by atoms with Gasteiger partial charge in [0.2, 0.25) is 15.9 Å². The minimum atomic E-state index is -3.57. The highest BCUT2D eigenvalue weighted by atomic mass is 32.2. The molecule has 2 aromatic rings. The topological polar surface area (TPSA) is 66.9 Å². The van der Waals surface area contributed by atoms with E-state index in [4.69, 9.17) is 4.74 Å². The van der Waals surface area contributed by atoms with Crippen LogP contribution in [0.25, 0.3) is 6.08 Å². The Labute approximate surface area is 178 Å². The van der Waals surface area contributed by atoms with Crippen molar-refractivity contribution >= 4 is 22.0 Å². The zero-order valence-corrected chi connectivity index (χ0v) is 18.7. The lowest BCUT2D eigenvalue weighted by Gasteiger charge is -2.33. The molecule has 0 aromatic heterocycles. The van der Waals surface area contributed by atoms with Gasteiger partial charge in [-0.05, 0) is 56.2 Å². The molecule has 0 spiro atoms. The second-order valence-corrected chi connectivity index (χ2v) is 9.48. The molecule has 0 atom stereocenters. The highest BCUT2D eigenvalue weighted by molar-refractivity contribution is 7.89. The Morgan fingerprint density at radius 2 is 1.60 bits per heavy atom. The van der Waals surface area contributed by atoms with Gasteiger partial charge in [0.15, 0.2) is 0 Å². The van der Waals surface area contributed by atoms with Gasteiger partial charge in [-0.2, -0.15) is 4.31 Å². The van der Waals surface area contributed by atoms with E-state index in [1.165, 1.54) is 10.4 Å². The Kier molecular flexibility index (Phi) is 6.63. The summed E-state index contributed by atoms with van der Waals surface area (Å²) in [7, 11) is -1.98. The van der Waals surface area contributed by atoms with Gasteiger partial charge in [-0.15, -0.1) is 0 Å². The fraction of sp³-hybridized carbons (Fsp3) is 0.348. The summed E-state index contributed by atoms with van der Waals surface area (Å²) in [4.78, 5) is 14.6. The van der Waals surface area contributed by atoms with Crippen molar-refractivity contribution in [2.24, 2.45) is 0 Å². The maximum atomic E-state index is 13.0. The van der Waals surface area contributed by atoms with Gasteiger partial charge in [-0.25, -0.2) is 8.42 Å². The van der Waals surface area contributed by atoms with E-state index in [1.807, 2.05) is 44.2 Å². The molecule has 30 heavy (non-hydrogen) atoms. The summed E-state index contributed by atoms with van der Waals surface area (Å²) in [5, 5.41) is 0. The van der Waals surface area contributed by atoms with E-state index in [9.17, 15) is 13.2 Å². The van der Waals surface area contributed by atoms with E-state index in [0.29, 0.717) is 23.7 Å². The molecule has 0 saturated carbocycles. The largest absolute Gasteiger partial charge is 0.496 e. The van der Waals surface area contributed by atoms with E-state index in [2.05, 4.69) is 0 Å². The first-order chi connectivity index (χ1) is 14.2. The summed E-state index contributed by atoms with van der Waals surface area (Å²) in [5.41, 5.74) is 3.55. The molecule has 6 nitrogen and oxygen atoms in total. The van der Waals surface area contributed by atoms with Gasteiger partial charge in [0.05, 0.1) is 12.0 Å². The van der Waals surface area contributed by atoms with Crippen LogP contribution in [0.4, 0.5) is 0 Å². The first kappa shape index (κ1) is 22.1. The normalized spacial score (nSPS) is 15.5. The van der Waals surface area contributed by atoms with E-state index in [-0.39, 0.29) is 19.0 Å². The fourth-order valence-corrected chi connectivity index (χ4v) is 5.26. The lowest BCUT2D eigenvalue weighted by Crippen LogP contribution is -2.50. The van der Waals surface area contributed by atoms with Crippen molar-refractivity contribution in [2.75, 3.05) is 33.3 Å². The van der Waals surface area contributed by atoms with Crippen molar-refractivity contribution in [1.82, 2.24) is 9.21 Å². The Balaban J connectivity index is 1.67. The van der Waals surface area contributed by atoms with Crippen molar-refractivity contribution < 1.29 is 17.9 Å². The van der Waals surface area contributed by atoms with Crippen molar-refractivity contribution in [1.29, 1.82) is 0 Å². The molecule has 0 bridgehead atoms. The molecule has 0 N–H and O–H groups in total. The van der Waals surface area contributed by atoms with Crippen LogP contribution in [0.5, 0.6) is 5.75 Å². The van der Waals surface area contributed by atoms with Gasteiger partial charge in [-0.3, -0.25) is 4.79 Å². The summed E-state index contributed by atoms with van der Waals surface area (Å²) >= 11 is 0. The first-order valence-electron chi connectivity index (χ1n) is 9.91. The molecule has 0 aliphatic carbocycles. The van der Waals surface area contributed by atoms with Crippen LogP contribution >= 0.6 is 0 Å². The number of sulfonamides is 1. The summed E-state index contributed by atoms with van der Waals surface area (Å²) < 4.78 is 32.9.